The summed E-state index contributed by atoms with van der Waals surface area (Å²) in [6, 6.07) is 0. The van der Waals surface area contributed by atoms with Gasteiger partial charge in [0.25, 0.3) is 0 Å². The van der Waals surface area contributed by atoms with Gasteiger partial charge in [0, 0.05) is 5.25 Å². The third-order valence-corrected chi connectivity index (χ3v) is 2.60. The lowest BCUT2D eigenvalue weighted by atomic mass is 10.6. The minimum atomic E-state index is 0.778. The molecule has 0 heterocycles. The van der Waals surface area contributed by atoms with E-state index in [0.29, 0.717) is 0 Å². The van der Waals surface area contributed by atoms with Crippen LogP contribution in [0.3, 0.4) is 0 Å². The quantitative estimate of drug-likeness (QED) is 0.516. The Hall–Kier alpha value is 0.700. The van der Waals surface area contributed by atoms with Crippen LogP contribution in [0.4, 0.5) is 0 Å². The Morgan fingerprint density at radius 1 is 1.33 bits per heavy atom. The standard InChI is InChI=1S/C4H10S2/c1-4(2)6-5-3/h4H,1-3H3. The van der Waals surface area contributed by atoms with Crippen molar-refractivity contribution in [1.29, 1.82) is 0 Å². The van der Waals surface area contributed by atoms with Crippen molar-refractivity contribution in [3.8, 4) is 0 Å². The van der Waals surface area contributed by atoms with Crippen LogP contribution in [0.2, 0.25) is 0 Å². The fourth-order valence-electron chi connectivity index (χ4n) is 0.192. The molecule has 0 saturated carbocycles. The van der Waals surface area contributed by atoms with E-state index in [9.17, 15) is 0 Å². The van der Waals surface area contributed by atoms with Gasteiger partial charge in [-0.3, -0.25) is 0 Å². The van der Waals surface area contributed by atoms with E-state index in [2.05, 4.69) is 20.1 Å². The molecule has 0 rings (SSSR count). The Morgan fingerprint density at radius 3 is 1.83 bits per heavy atom. The second kappa shape index (κ2) is 3.88. The first-order valence-corrected chi connectivity index (χ1v) is 4.59. The SMILES string of the molecule is CSSC(C)C. The minimum absolute atomic E-state index is 0.778. The molecule has 0 aliphatic heterocycles. The maximum atomic E-state index is 2.20. The molecular formula is C4H10S2. The van der Waals surface area contributed by atoms with Gasteiger partial charge in [0.05, 0.1) is 0 Å². The van der Waals surface area contributed by atoms with Crippen molar-refractivity contribution in [3.63, 3.8) is 0 Å². The van der Waals surface area contributed by atoms with Gasteiger partial charge in [0.2, 0.25) is 0 Å². The van der Waals surface area contributed by atoms with Crippen molar-refractivity contribution in [2.45, 2.75) is 19.1 Å². The third kappa shape index (κ3) is 4.70. The van der Waals surface area contributed by atoms with Gasteiger partial charge in [-0.25, -0.2) is 0 Å². The largest absolute Gasteiger partial charge is 0.0973 e. The normalized spacial score (nSPS) is 10.0. The Kier molecular flexibility index (Phi) is 4.33. The molecule has 0 N–H and O–H groups in total. The van der Waals surface area contributed by atoms with Gasteiger partial charge in [-0.1, -0.05) is 35.4 Å². The van der Waals surface area contributed by atoms with E-state index < -0.39 is 0 Å². The van der Waals surface area contributed by atoms with E-state index in [4.69, 9.17) is 0 Å². The average Bonchev–Trinajstić information content (AvgIpc) is 1.35. The molecule has 0 saturated heterocycles. The Labute approximate surface area is 47.5 Å². The minimum Gasteiger partial charge on any atom is -0.0973 e. The molecule has 0 aliphatic carbocycles. The van der Waals surface area contributed by atoms with E-state index >= 15 is 0 Å². The van der Waals surface area contributed by atoms with Gasteiger partial charge < -0.3 is 0 Å². The van der Waals surface area contributed by atoms with Crippen LogP contribution < -0.4 is 0 Å². The summed E-state index contributed by atoms with van der Waals surface area (Å²) >= 11 is 0. The first kappa shape index (κ1) is 6.70. The van der Waals surface area contributed by atoms with E-state index in [1.807, 2.05) is 21.6 Å². The highest BCUT2D eigenvalue weighted by Gasteiger charge is 1.86. The van der Waals surface area contributed by atoms with Crippen LogP contribution in [0.15, 0.2) is 0 Å². The molecule has 0 nitrogen and oxygen atoms in total. The summed E-state index contributed by atoms with van der Waals surface area (Å²) in [5.74, 6) is 0. The summed E-state index contributed by atoms with van der Waals surface area (Å²) in [6.07, 6.45) is 2.10. The molecule has 38 valence electrons. The van der Waals surface area contributed by atoms with Gasteiger partial charge in [-0.05, 0) is 6.26 Å². The molecule has 0 radical (unpaired) electrons. The predicted octanol–water partition coefficient (Wildman–Crippen LogP) is 2.41. The van der Waals surface area contributed by atoms with Gasteiger partial charge in [0.1, 0.15) is 0 Å². The Morgan fingerprint density at radius 2 is 1.83 bits per heavy atom. The molecule has 6 heavy (non-hydrogen) atoms. The zero-order chi connectivity index (χ0) is 4.99. The number of hydrogen-bond donors (Lipinski definition) is 0. The summed E-state index contributed by atoms with van der Waals surface area (Å²) in [5, 5.41) is 0.778. The highest BCUT2D eigenvalue weighted by atomic mass is 33.1. The van der Waals surface area contributed by atoms with Crippen LogP contribution in [0.25, 0.3) is 0 Å². The number of hydrogen-bond acceptors (Lipinski definition) is 2. The van der Waals surface area contributed by atoms with Crippen LogP contribution in [0.1, 0.15) is 13.8 Å². The maximum absolute atomic E-state index is 2.20. The summed E-state index contributed by atoms with van der Waals surface area (Å²) in [5.41, 5.74) is 0. The lowest BCUT2D eigenvalue weighted by Gasteiger charge is -1.95. The molecular weight excluding hydrogens is 112 g/mol. The molecule has 0 aromatic carbocycles. The van der Waals surface area contributed by atoms with Crippen LogP contribution in [-0.4, -0.2) is 11.5 Å². The third-order valence-electron chi connectivity index (χ3n) is 0.289. The van der Waals surface area contributed by atoms with Gasteiger partial charge in [0.15, 0.2) is 0 Å². The van der Waals surface area contributed by atoms with Crippen molar-refractivity contribution < 1.29 is 0 Å². The molecule has 0 aromatic rings. The summed E-state index contributed by atoms with van der Waals surface area (Å²) < 4.78 is 0. The molecule has 0 amide bonds. The Bertz CT molecular complexity index is 26.7. The van der Waals surface area contributed by atoms with Crippen molar-refractivity contribution in [2.75, 3.05) is 6.26 Å². The van der Waals surface area contributed by atoms with Crippen molar-refractivity contribution in [1.82, 2.24) is 0 Å². The molecule has 0 fully saturated rings. The summed E-state index contributed by atoms with van der Waals surface area (Å²) in [7, 11) is 3.73. The van der Waals surface area contributed by atoms with Crippen molar-refractivity contribution in [3.05, 3.63) is 0 Å². The van der Waals surface area contributed by atoms with Crippen molar-refractivity contribution >= 4 is 21.6 Å². The van der Waals surface area contributed by atoms with Gasteiger partial charge in [-0.2, -0.15) is 0 Å². The molecule has 2 heteroatoms. The monoisotopic (exact) mass is 122 g/mol. The maximum Gasteiger partial charge on any atom is 0.00943 e. The average molecular weight is 122 g/mol. The molecule has 0 aromatic heterocycles. The lowest BCUT2D eigenvalue weighted by molar-refractivity contribution is 1.12. The molecule has 0 bridgehead atoms. The lowest BCUT2D eigenvalue weighted by Crippen LogP contribution is -1.78. The molecule has 0 atom stereocenters. The van der Waals surface area contributed by atoms with Crippen molar-refractivity contribution in [2.24, 2.45) is 0 Å². The van der Waals surface area contributed by atoms with Crippen LogP contribution in [0, 0.1) is 0 Å². The summed E-state index contributed by atoms with van der Waals surface area (Å²) in [4.78, 5) is 0. The second-order valence-electron chi connectivity index (χ2n) is 1.31. The van der Waals surface area contributed by atoms with Crippen LogP contribution in [-0.2, 0) is 0 Å². The fourth-order valence-corrected chi connectivity index (χ4v) is 1.73. The highest BCUT2D eigenvalue weighted by molar-refractivity contribution is 8.76. The predicted molar refractivity (Wildman–Crippen MR) is 36.2 cm³/mol. The van der Waals surface area contributed by atoms with Gasteiger partial charge >= 0.3 is 0 Å². The van der Waals surface area contributed by atoms with Crippen LogP contribution in [0.5, 0.6) is 0 Å². The zero-order valence-corrected chi connectivity index (χ0v) is 6.03. The topological polar surface area (TPSA) is 0 Å². The first-order chi connectivity index (χ1) is 2.77. The Balaban J connectivity index is 2.63. The van der Waals surface area contributed by atoms with E-state index in [1.54, 1.807) is 0 Å². The van der Waals surface area contributed by atoms with Gasteiger partial charge in [-0.15, -0.1) is 0 Å². The first-order valence-electron chi connectivity index (χ1n) is 1.97. The smallest absolute Gasteiger partial charge is 0.00943 e. The highest BCUT2D eigenvalue weighted by Crippen LogP contribution is 2.21. The number of rotatable bonds is 2. The van der Waals surface area contributed by atoms with E-state index in [-0.39, 0.29) is 0 Å². The molecule has 0 aliphatic rings. The fraction of sp³-hybridized carbons (Fsp3) is 1.00. The summed E-state index contributed by atoms with van der Waals surface area (Å²) in [6.45, 7) is 4.39. The zero-order valence-electron chi connectivity index (χ0n) is 4.39. The van der Waals surface area contributed by atoms with Crippen LogP contribution >= 0.6 is 21.6 Å². The van der Waals surface area contributed by atoms with E-state index in [1.165, 1.54) is 0 Å². The molecule has 0 unspecified atom stereocenters. The molecule has 0 spiro atoms. The van der Waals surface area contributed by atoms with E-state index in [0.717, 1.165) is 5.25 Å². The second-order valence-corrected chi connectivity index (χ2v) is 4.36.